The van der Waals surface area contributed by atoms with Gasteiger partial charge in [0.25, 0.3) is 0 Å². The first-order valence-corrected chi connectivity index (χ1v) is 7.22. The molecule has 0 aliphatic heterocycles. The van der Waals surface area contributed by atoms with Gasteiger partial charge in [-0.1, -0.05) is 11.3 Å². The zero-order chi connectivity index (χ0) is 15.6. The molecule has 0 fully saturated rings. The molecule has 0 radical (unpaired) electrons. The summed E-state index contributed by atoms with van der Waals surface area (Å²) < 4.78 is 1.45. The predicted molar refractivity (Wildman–Crippen MR) is 78.0 cm³/mol. The van der Waals surface area contributed by atoms with Crippen molar-refractivity contribution < 1.29 is 9.90 Å². The molecule has 7 nitrogen and oxygen atoms in total. The number of aromatic nitrogens is 3. The lowest BCUT2D eigenvalue weighted by molar-refractivity contribution is -0.136. The van der Waals surface area contributed by atoms with Crippen LogP contribution in [0, 0.1) is 13.8 Å². The third kappa shape index (κ3) is 3.46. The van der Waals surface area contributed by atoms with Gasteiger partial charge in [0.05, 0.1) is 6.54 Å². The van der Waals surface area contributed by atoms with Gasteiger partial charge in [-0.3, -0.25) is 14.2 Å². The molecule has 0 aromatic carbocycles. The van der Waals surface area contributed by atoms with Crippen LogP contribution in [0.4, 0.5) is 0 Å². The Morgan fingerprint density at radius 2 is 2.14 bits per heavy atom. The Labute approximate surface area is 123 Å². The molecule has 0 bridgehead atoms. The minimum absolute atomic E-state index is 0.0170. The summed E-state index contributed by atoms with van der Waals surface area (Å²) in [5, 5.41) is 10.4. The summed E-state index contributed by atoms with van der Waals surface area (Å²) in [7, 11) is 0. The maximum atomic E-state index is 12.0. The van der Waals surface area contributed by atoms with Crippen molar-refractivity contribution in [1.29, 1.82) is 0 Å². The lowest BCUT2D eigenvalue weighted by atomic mass is 10.1. The minimum atomic E-state index is -0.895. The number of carboxylic acids is 1. The first kappa shape index (κ1) is 15.2. The van der Waals surface area contributed by atoms with E-state index in [1.165, 1.54) is 4.57 Å². The molecule has 0 aliphatic rings. The van der Waals surface area contributed by atoms with E-state index in [9.17, 15) is 14.4 Å². The van der Waals surface area contributed by atoms with E-state index in [1.54, 1.807) is 19.2 Å². The summed E-state index contributed by atoms with van der Waals surface area (Å²) in [5.74, 6) is -0.895. The topological polar surface area (TPSA) is 105 Å². The summed E-state index contributed by atoms with van der Waals surface area (Å²) in [4.78, 5) is 40.3. The monoisotopic (exact) mass is 309 g/mol. The van der Waals surface area contributed by atoms with Crippen LogP contribution in [-0.4, -0.2) is 25.6 Å². The summed E-state index contributed by atoms with van der Waals surface area (Å²) in [6.45, 7) is 3.68. The van der Waals surface area contributed by atoms with Gasteiger partial charge < -0.3 is 10.1 Å². The van der Waals surface area contributed by atoms with Crippen LogP contribution < -0.4 is 10.6 Å². The summed E-state index contributed by atoms with van der Waals surface area (Å²) in [6.07, 6.45) is 0.303. The van der Waals surface area contributed by atoms with Gasteiger partial charge in [-0.2, -0.15) is 4.98 Å². The van der Waals surface area contributed by atoms with Crippen LogP contribution in [0.3, 0.4) is 0 Å². The maximum absolute atomic E-state index is 12.0. The fraction of sp³-hybridized carbons (Fsp3) is 0.385. The molecule has 2 N–H and O–H groups in total. The van der Waals surface area contributed by atoms with Crippen molar-refractivity contribution in [2.24, 2.45) is 0 Å². The summed E-state index contributed by atoms with van der Waals surface area (Å²) in [5.41, 5.74) is 2.21. The molecule has 2 aromatic heterocycles. The molecule has 0 unspecified atom stereocenters. The van der Waals surface area contributed by atoms with E-state index < -0.39 is 11.7 Å². The van der Waals surface area contributed by atoms with E-state index in [-0.39, 0.29) is 17.8 Å². The number of carbonyl (C=O) groups is 1. The molecular weight excluding hydrogens is 294 g/mol. The Morgan fingerprint density at radius 3 is 2.71 bits per heavy atom. The Morgan fingerprint density at radius 1 is 1.43 bits per heavy atom. The second-order valence-electron chi connectivity index (χ2n) is 4.70. The van der Waals surface area contributed by atoms with E-state index in [0.29, 0.717) is 23.5 Å². The van der Waals surface area contributed by atoms with Crippen molar-refractivity contribution in [1.82, 2.24) is 14.5 Å². The Kier molecular flexibility index (Phi) is 4.37. The predicted octanol–water partition coefficient (Wildman–Crippen LogP) is 0.675. The minimum Gasteiger partial charge on any atom is -0.481 e. The first-order valence-electron chi connectivity index (χ1n) is 6.34. The molecule has 2 rings (SSSR count). The number of hydrogen-bond acceptors (Lipinski definition) is 5. The number of aromatic amines is 1. The second-order valence-corrected chi connectivity index (χ2v) is 5.54. The number of aliphatic carboxylic acids is 1. The van der Waals surface area contributed by atoms with Crippen molar-refractivity contribution in [3.63, 3.8) is 0 Å². The molecular formula is C13H15N3O4S. The van der Waals surface area contributed by atoms with Gasteiger partial charge in [0.2, 0.25) is 0 Å². The smallest absolute Gasteiger partial charge is 0.348 e. The molecule has 0 atom stereocenters. The average Bonchev–Trinajstić information content (AvgIpc) is 2.79. The lowest BCUT2D eigenvalue weighted by Gasteiger charge is -2.14. The van der Waals surface area contributed by atoms with E-state index in [2.05, 4.69) is 9.97 Å². The van der Waals surface area contributed by atoms with Gasteiger partial charge in [0.1, 0.15) is 0 Å². The molecule has 21 heavy (non-hydrogen) atoms. The summed E-state index contributed by atoms with van der Waals surface area (Å²) >= 11 is 1.03. The number of thiazole rings is 1. The van der Waals surface area contributed by atoms with Gasteiger partial charge in [0.15, 0.2) is 0 Å². The number of nitrogens with one attached hydrogen (secondary N) is 1. The van der Waals surface area contributed by atoms with E-state index in [4.69, 9.17) is 5.11 Å². The second kappa shape index (κ2) is 6.04. The summed E-state index contributed by atoms with van der Waals surface area (Å²) in [6, 6.07) is 0. The molecule has 0 saturated carbocycles. The molecule has 2 aromatic rings. The quantitative estimate of drug-likeness (QED) is 0.845. The number of hydrogen-bond donors (Lipinski definition) is 2. The number of rotatable bonds is 5. The Hall–Kier alpha value is -2.22. The number of carboxylic acid groups (broad SMARTS) is 1. The average molecular weight is 309 g/mol. The highest BCUT2D eigenvalue weighted by molar-refractivity contribution is 7.07. The van der Waals surface area contributed by atoms with E-state index >= 15 is 0 Å². The van der Waals surface area contributed by atoms with Crippen LogP contribution in [0.1, 0.15) is 29.1 Å². The maximum Gasteiger partial charge on any atom is 0.348 e. The first-order chi connectivity index (χ1) is 9.88. The molecule has 0 saturated heterocycles. The Bertz CT molecular complexity index is 787. The molecule has 8 heteroatoms. The van der Waals surface area contributed by atoms with Gasteiger partial charge >= 0.3 is 16.5 Å². The van der Waals surface area contributed by atoms with Crippen LogP contribution >= 0.6 is 11.3 Å². The van der Waals surface area contributed by atoms with Gasteiger partial charge in [0, 0.05) is 28.9 Å². The van der Waals surface area contributed by atoms with Crippen LogP contribution in [0.2, 0.25) is 0 Å². The zero-order valence-corrected chi connectivity index (χ0v) is 12.5. The van der Waals surface area contributed by atoms with Crippen molar-refractivity contribution in [3.8, 4) is 0 Å². The molecule has 0 amide bonds. The van der Waals surface area contributed by atoms with Crippen LogP contribution in [-0.2, 0) is 17.8 Å². The number of aryl methyl sites for hydroxylation is 1. The number of H-pyrrole nitrogens is 1. The highest BCUT2D eigenvalue weighted by Gasteiger charge is 2.13. The van der Waals surface area contributed by atoms with E-state index in [0.717, 1.165) is 16.9 Å². The van der Waals surface area contributed by atoms with Crippen molar-refractivity contribution >= 4 is 17.3 Å². The molecule has 0 spiro atoms. The van der Waals surface area contributed by atoms with Gasteiger partial charge in [-0.05, 0) is 25.8 Å². The van der Waals surface area contributed by atoms with Crippen LogP contribution in [0.15, 0.2) is 15.0 Å². The molecule has 112 valence electrons. The molecule has 0 aliphatic carbocycles. The standard InChI is InChI=1S/C13H15N3O4S/c1-7-10(3-4-11(17)18)8(2)16(12(19)14-7)5-9-6-21-13(20)15-9/h6H,3-5H2,1-2H3,(H,15,20)(H,17,18). The third-order valence-electron chi connectivity index (χ3n) is 3.26. The van der Waals surface area contributed by atoms with Crippen LogP contribution in [0.5, 0.6) is 0 Å². The molecule has 2 heterocycles. The fourth-order valence-electron chi connectivity index (χ4n) is 2.18. The largest absolute Gasteiger partial charge is 0.481 e. The highest BCUT2D eigenvalue weighted by atomic mass is 32.1. The highest BCUT2D eigenvalue weighted by Crippen LogP contribution is 2.13. The van der Waals surface area contributed by atoms with Crippen LogP contribution in [0.25, 0.3) is 0 Å². The lowest BCUT2D eigenvalue weighted by Crippen LogP contribution is -2.28. The van der Waals surface area contributed by atoms with Gasteiger partial charge in [-0.25, -0.2) is 4.79 Å². The fourth-order valence-corrected chi connectivity index (χ4v) is 2.75. The van der Waals surface area contributed by atoms with Crippen molar-refractivity contribution in [2.45, 2.75) is 33.2 Å². The van der Waals surface area contributed by atoms with E-state index in [1.807, 2.05) is 0 Å². The van der Waals surface area contributed by atoms with Gasteiger partial charge in [-0.15, -0.1) is 0 Å². The van der Waals surface area contributed by atoms with Crippen molar-refractivity contribution in [3.05, 3.63) is 48.2 Å². The zero-order valence-electron chi connectivity index (χ0n) is 11.7. The SMILES string of the molecule is Cc1nc(=O)n(Cc2csc(=O)[nH]2)c(C)c1CCC(=O)O. The normalized spacial score (nSPS) is 10.8. The third-order valence-corrected chi connectivity index (χ3v) is 3.98. The Balaban J connectivity index is 2.40. The number of nitrogens with zero attached hydrogens (tertiary/aromatic N) is 2. The van der Waals surface area contributed by atoms with Crippen molar-refractivity contribution in [2.75, 3.05) is 0 Å².